The van der Waals surface area contributed by atoms with Crippen molar-refractivity contribution in [2.75, 3.05) is 42.6 Å². The minimum Gasteiger partial charge on any atom is -0.378 e. The molecule has 0 radical (unpaired) electrons. The van der Waals surface area contributed by atoms with E-state index >= 15 is 0 Å². The van der Waals surface area contributed by atoms with Gasteiger partial charge in [-0.2, -0.15) is 0 Å². The molecule has 0 saturated carbocycles. The van der Waals surface area contributed by atoms with Crippen LogP contribution in [0.25, 0.3) is 6.08 Å². The number of carbonyl (C=O) groups excluding carboxylic acids is 1. The standard InChI is InChI=1S/C25H29N3O2/c1-24(2)21-5-3-4-6-22(21)28-14-12-23(29)26-25(24,28)13-11-19-7-9-20(10-8-19)27-15-17-30-18-16-27/h3-11,13H,12,14-18H2,1-2H3,(H,26,29)/b13-11+. The molecule has 30 heavy (non-hydrogen) atoms. The fourth-order valence-electron chi connectivity index (χ4n) is 5.15. The summed E-state index contributed by atoms with van der Waals surface area (Å²) in [5.41, 5.74) is 4.05. The summed E-state index contributed by atoms with van der Waals surface area (Å²) in [7, 11) is 0. The van der Waals surface area contributed by atoms with Crippen LogP contribution >= 0.6 is 0 Å². The Hall–Kier alpha value is -2.79. The molecule has 2 fully saturated rings. The number of nitrogens with one attached hydrogen (secondary N) is 1. The molecule has 5 nitrogen and oxygen atoms in total. The first-order valence-electron chi connectivity index (χ1n) is 10.8. The van der Waals surface area contributed by atoms with E-state index in [0.717, 1.165) is 38.4 Å². The second-order valence-electron chi connectivity index (χ2n) is 8.88. The first-order chi connectivity index (χ1) is 14.5. The van der Waals surface area contributed by atoms with Gasteiger partial charge in [-0.15, -0.1) is 0 Å². The van der Waals surface area contributed by atoms with E-state index in [9.17, 15) is 4.79 Å². The van der Waals surface area contributed by atoms with Gasteiger partial charge < -0.3 is 19.9 Å². The lowest BCUT2D eigenvalue weighted by molar-refractivity contribution is -0.124. The Bertz CT molecular complexity index is 976. The summed E-state index contributed by atoms with van der Waals surface area (Å²) in [5, 5.41) is 3.34. The molecule has 3 aliphatic heterocycles. The number of nitrogens with zero attached hydrogens (tertiary/aromatic N) is 2. The average molecular weight is 404 g/mol. The molecule has 5 rings (SSSR count). The zero-order valence-corrected chi connectivity index (χ0v) is 17.7. The predicted octanol–water partition coefficient (Wildman–Crippen LogP) is 3.55. The molecule has 1 atom stereocenters. The minimum absolute atomic E-state index is 0.111. The number of rotatable bonds is 3. The van der Waals surface area contributed by atoms with Crippen LogP contribution in [-0.2, 0) is 14.9 Å². The van der Waals surface area contributed by atoms with Gasteiger partial charge in [0.05, 0.1) is 13.2 Å². The fraction of sp³-hybridized carbons (Fsp3) is 0.400. The zero-order chi connectivity index (χ0) is 20.8. The minimum atomic E-state index is -0.561. The highest BCUT2D eigenvalue weighted by molar-refractivity contribution is 5.84. The van der Waals surface area contributed by atoms with E-state index in [1.807, 2.05) is 0 Å². The number of anilines is 2. The second kappa shape index (κ2) is 7.17. The van der Waals surface area contributed by atoms with Gasteiger partial charge in [0.25, 0.3) is 0 Å². The molecule has 1 amide bonds. The third kappa shape index (κ3) is 2.91. The van der Waals surface area contributed by atoms with Crippen LogP contribution in [0.15, 0.2) is 54.6 Å². The Kier molecular flexibility index (Phi) is 4.58. The Balaban J connectivity index is 1.47. The smallest absolute Gasteiger partial charge is 0.223 e. The topological polar surface area (TPSA) is 44.8 Å². The third-order valence-corrected chi connectivity index (χ3v) is 6.93. The van der Waals surface area contributed by atoms with E-state index < -0.39 is 5.66 Å². The second-order valence-corrected chi connectivity index (χ2v) is 8.88. The molecule has 0 aliphatic carbocycles. The van der Waals surface area contributed by atoms with Gasteiger partial charge in [0.2, 0.25) is 5.91 Å². The number of para-hydroxylation sites is 1. The molecule has 0 spiro atoms. The van der Waals surface area contributed by atoms with Crippen LogP contribution in [0.4, 0.5) is 11.4 Å². The number of morpholine rings is 1. The Morgan fingerprint density at radius 1 is 1.00 bits per heavy atom. The SMILES string of the molecule is CC1(C)c2ccccc2N2CCC(=O)NC21/C=C/c1ccc(N2CCOCC2)cc1. The molecule has 0 bridgehead atoms. The number of ether oxygens (including phenoxy) is 1. The van der Waals surface area contributed by atoms with Crippen molar-refractivity contribution in [3.8, 4) is 0 Å². The molecule has 5 heteroatoms. The van der Waals surface area contributed by atoms with Crippen LogP contribution in [0.2, 0.25) is 0 Å². The van der Waals surface area contributed by atoms with Gasteiger partial charge in [-0.3, -0.25) is 4.79 Å². The van der Waals surface area contributed by atoms with Crippen molar-refractivity contribution in [1.29, 1.82) is 0 Å². The normalized spacial score (nSPS) is 25.2. The van der Waals surface area contributed by atoms with Crippen LogP contribution in [0.5, 0.6) is 0 Å². The van der Waals surface area contributed by atoms with Crippen molar-refractivity contribution in [3.05, 3.63) is 65.7 Å². The van der Waals surface area contributed by atoms with Crippen LogP contribution in [0.3, 0.4) is 0 Å². The van der Waals surface area contributed by atoms with Crippen LogP contribution in [0, 0.1) is 0 Å². The van der Waals surface area contributed by atoms with E-state index in [2.05, 4.69) is 89.6 Å². The summed E-state index contributed by atoms with van der Waals surface area (Å²) in [6.07, 6.45) is 4.86. The third-order valence-electron chi connectivity index (χ3n) is 6.93. The Morgan fingerprint density at radius 2 is 1.73 bits per heavy atom. The van der Waals surface area contributed by atoms with Gasteiger partial charge in [0.1, 0.15) is 5.66 Å². The van der Waals surface area contributed by atoms with Crippen LogP contribution < -0.4 is 15.1 Å². The van der Waals surface area contributed by atoms with Crippen molar-refractivity contribution >= 4 is 23.4 Å². The molecule has 3 heterocycles. The van der Waals surface area contributed by atoms with Crippen molar-refractivity contribution < 1.29 is 9.53 Å². The monoisotopic (exact) mass is 403 g/mol. The van der Waals surface area contributed by atoms with E-state index in [-0.39, 0.29) is 11.3 Å². The molecule has 0 aromatic heterocycles. The summed E-state index contributed by atoms with van der Waals surface area (Å²) in [6.45, 7) is 8.63. The van der Waals surface area contributed by atoms with Crippen molar-refractivity contribution in [2.45, 2.75) is 31.3 Å². The zero-order valence-electron chi connectivity index (χ0n) is 17.7. The molecule has 156 valence electrons. The largest absolute Gasteiger partial charge is 0.378 e. The number of hydrogen-bond donors (Lipinski definition) is 1. The lowest BCUT2D eigenvalue weighted by Gasteiger charge is -2.49. The van der Waals surface area contributed by atoms with Crippen LogP contribution in [-0.4, -0.2) is 44.4 Å². The maximum Gasteiger partial charge on any atom is 0.223 e. The van der Waals surface area contributed by atoms with E-state index in [0.29, 0.717) is 6.42 Å². The van der Waals surface area contributed by atoms with Gasteiger partial charge >= 0.3 is 0 Å². The first kappa shape index (κ1) is 19.2. The molecule has 2 aromatic carbocycles. The molecule has 1 N–H and O–H groups in total. The number of fused-ring (bicyclic) bond motifs is 3. The van der Waals surface area contributed by atoms with Gasteiger partial charge in [0, 0.05) is 42.8 Å². The highest BCUT2D eigenvalue weighted by atomic mass is 16.5. The highest BCUT2D eigenvalue weighted by Crippen LogP contribution is 2.52. The fourth-order valence-corrected chi connectivity index (χ4v) is 5.15. The summed E-state index contributed by atoms with van der Waals surface area (Å²) >= 11 is 0. The molecule has 2 saturated heterocycles. The molecular formula is C25H29N3O2. The molecule has 2 aromatic rings. The summed E-state index contributed by atoms with van der Waals surface area (Å²) in [6, 6.07) is 17.2. The predicted molar refractivity (Wildman–Crippen MR) is 121 cm³/mol. The average Bonchev–Trinajstić information content (AvgIpc) is 2.97. The summed E-state index contributed by atoms with van der Waals surface area (Å²) in [5.74, 6) is 0.111. The summed E-state index contributed by atoms with van der Waals surface area (Å²) < 4.78 is 5.45. The van der Waals surface area contributed by atoms with Crippen molar-refractivity contribution in [2.24, 2.45) is 0 Å². The number of amides is 1. The summed E-state index contributed by atoms with van der Waals surface area (Å²) in [4.78, 5) is 17.2. The maximum atomic E-state index is 12.5. The molecule has 3 aliphatic rings. The van der Waals surface area contributed by atoms with E-state index in [1.165, 1.54) is 16.9 Å². The van der Waals surface area contributed by atoms with E-state index in [4.69, 9.17) is 4.74 Å². The lowest BCUT2D eigenvalue weighted by atomic mass is 9.74. The number of benzene rings is 2. The first-order valence-corrected chi connectivity index (χ1v) is 10.8. The number of carbonyl (C=O) groups is 1. The Labute approximate surface area is 178 Å². The van der Waals surface area contributed by atoms with Gasteiger partial charge in [0.15, 0.2) is 0 Å². The van der Waals surface area contributed by atoms with Crippen molar-refractivity contribution in [3.63, 3.8) is 0 Å². The quantitative estimate of drug-likeness (QED) is 0.851. The molecule has 1 unspecified atom stereocenters. The highest BCUT2D eigenvalue weighted by Gasteiger charge is 2.57. The van der Waals surface area contributed by atoms with Gasteiger partial charge in [-0.05, 0) is 35.4 Å². The lowest BCUT2D eigenvalue weighted by Crippen LogP contribution is -2.68. The van der Waals surface area contributed by atoms with Crippen molar-refractivity contribution in [1.82, 2.24) is 5.32 Å². The molecular weight excluding hydrogens is 374 g/mol. The van der Waals surface area contributed by atoms with Crippen LogP contribution in [0.1, 0.15) is 31.4 Å². The van der Waals surface area contributed by atoms with Gasteiger partial charge in [-0.25, -0.2) is 0 Å². The Morgan fingerprint density at radius 3 is 2.50 bits per heavy atom. The maximum absolute atomic E-state index is 12.5. The van der Waals surface area contributed by atoms with E-state index in [1.54, 1.807) is 0 Å². The van der Waals surface area contributed by atoms with Gasteiger partial charge in [-0.1, -0.05) is 50.3 Å². The number of hydrogen-bond acceptors (Lipinski definition) is 4.